The largest absolute Gasteiger partial charge is 0.494 e. The van der Waals surface area contributed by atoms with Gasteiger partial charge in [-0.15, -0.1) is 0 Å². The van der Waals surface area contributed by atoms with E-state index in [4.69, 9.17) is 15.0 Å². The van der Waals surface area contributed by atoms with Gasteiger partial charge in [0.2, 0.25) is 17.7 Å². The number of nitrogens with one attached hydrogen (secondary N) is 2. The average Bonchev–Trinajstić information content (AvgIpc) is 3.01. The third-order valence-corrected chi connectivity index (χ3v) is 6.65. The van der Waals surface area contributed by atoms with Gasteiger partial charge in [0.25, 0.3) is 0 Å². The lowest BCUT2D eigenvalue weighted by Crippen LogP contribution is -2.54. The van der Waals surface area contributed by atoms with E-state index in [0.717, 1.165) is 11.0 Å². The Bertz CT molecular complexity index is 1090. The van der Waals surface area contributed by atoms with Gasteiger partial charge in [-0.1, -0.05) is 36.4 Å². The second-order valence-electron chi connectivity index (χ2n) is 10.1. The van der Waals surface area contributed by atoms with Crippen LogP contribution in [-0.4, -0.2) is 48.1 Å². The number of carbonyl (C=O) groups is 3. The highest BCUT2D eigenvalue weighted by atomic mass is 19.1. The normalized spacial score (nSPS) is 17.8. The Labute approximate surface area is 211 Å². The number of hydrogen-bond donors (Lipinski definition) is 3. The van der Waals surface area contributed by atoms with Crippen LogP contribution in [0, 0.1) is 5.82 Å². The summed E-state index contributed by atoms with van der Waals surface area (Å²) in [5.41, 5.74) is 6.90. The maximum atomic E-state index is 13.2. The molecule has 10 heteroatoms. The van der Waals surface area contributed by atoms with Gasteiger partial charge < -0.3 is 25.7 Å². The third kappa shape index (κ3) is 6.70. The molecular formula is C26H33BFN3O5. The molecule has 2 aromatic carbocycles. The van der Waals surface area contributed by atoms with Gasteiger partial charge in [0.15, 0.2) is 0 Å². The molecular weight excluding hydrogens is 464 g/mol. The van der Waals surface area contributed by atoms with Crippen LogP contribution in [0.1, 0.15) is 45.7 Å². The number of rotatable bonds is 9. The van der Waals surface area contributed by atoms with E-state index in [1.165, 1.54) is 31.2 Å². The Morgan fingerprint density at radius 2 is 1.33 bits per heavy atom. The molecule has 2 aromatic rings. The number of benzene rings is 2. The van der Waals surface area contributed by atoms with Crippen LogP contribution in [0.3, 0.4) is 0 Å². The fourth-order valence-corrected chi connectivity index (χ4v) is 3.83. The van der Waals surface area contributed by atoms with E-state index < -0.39 is 53.9 Å². The number of primary amides is 1. The lowest BCUT2D eigenvalue weighted by molar-refractivity contribution is -0.130. The summed E-state index contributed by atoms with van der Waals surface area (Å²) < 4.78 is 25.4. The van der Waals surface area contributed by atoms with Crippen molar-refractivity contribution in [1.29, 1.82) is 0 Å². The molecule has 0 aliphatic carbocycles. The number of halogens is 1. The Kier molecular flexibility index (Phi) is 8.21. The summed E-state index contributed by atoms with van der Waals surface area (Å²) >= 11 is 0. The minimum atomic E-state index is -0.996. The molecule has 0 bridgehead atoms. The molecule has 36 heavy (non-hydrogen) atoms. The van der Waals surface area contributed by atoms with Crippen molar-refractivity contribution < 1.29 is 28.1 Å². The molecule has 2 atom stereocenters. The number of nitrogens with two attached hydrogens (primary N) is 1. The number of carbonyl (C=O) groups excluding carboxylic acids is 3. The SMILES string of the molecule is CC(=O)N[C@@H](Cc1ccc(F)cc1)C(=O)N[C@@H](Cc1ccc(B2OC(C)(C)C(C)(C)O2)cc1)C(N)=O. The van der Waals surface area contributed by atoms with Crippen molar-refractivity contribution in [1.82, 2.24) is 10.6 Å². The second-order valence-corrected chi connectivity index (χ2v) is 10.1. The van der Waals surface area contributed by atoms with Gasteiger partial charge in [-0.2, -0.15) is 0 Å². The Balaban J connectivity index is 1.68. The first-order valence-corrected chi connectivity index (χ1v) is 11.8. The van der Waals surface area contributed by atoms with E-state index >= 15 is 0 Å². The van der Waals surface area contributed by atoms with Gasteiger partial charge in [0.1, 0.15) is 17.9 Å². The van der Waals surface area contributed by atoms with Crippen LogP contribution < -0.4 is 21.8 Å². The first kappa shape index (κ1) is 27.4. The van der Waals surface area contributed by atoms with Crippen LogP contribution >= 0.6 is 0 Å². The van der Waals surface area contributed by atoms with Gasteiger partial charge in [-0.25, -0.2) is 4.39 Å². The molecule has 1 fully saturated rings. The van der Waals surface area contributed by atoms with Crippen molar-refractivity contribution in [2.45, 2.75) is 70.7 Å². The van der Waals surface area contributed by atoms with E-state index in [2.05, 4.69) is 10.6 Å². The Hall–Kier alpha value is -3.24. The van der Waals surface area contributed by atoms with Gasteiger partial charge in [0, 0.05) is 19.8 Å². The molecule has 0 aromatic heterocycles. The number of hydrogen-bond acceptors (Lipinski definition) is 5. The van der Waals surface area contributed by atoms with E-state index in [-0.39, 0.29) is 12.8 Å². The molecule has 1 aliphatic heterocycles. The molecule has 4 N–H and O–H groups in total. The summed E-state index contributed by atoms with van der Waals surface area (Å²) in [5, 5.41) is 5.22. The molecule has 192 valence electrons. The molecule has 0 radical (unpaired) electrons. The van der Waals surface area contributed by atoms with E-state index in [0.29, 0.717) is 5.56 Å². The van der Waals surface area contributed by atoms with Crippen LogP contribution in [0.5, 0.6) is 0 Å². The predicted octanol–water partition coefficient (Wildman–Crippen LogP) is 1.38. The summed E-state index contributed by atoms with van der Waals surface area (Å²) in [6.45, 7) is 9.20. The van der Waals surface area contributed by atoms with Crippen molar-refractivity contribution in [3.05, 3.63) is 65.5 Å². The number of amides is 3. The summed E-state index contributed by atoms with van der Waals surface area (Å²) in [6, 6.07) is 11.0. The van der Waals surface area contributed by atoms with Crippen molar-refractivity contribution in [3.8, 4) is 0 Å². The fourth-order valence-electron chi connectivity index (χ4n) is 3.83. The summed E-state index contributed by atoms with van der Waals surface area (Å²) in [4.78, 5) is 36.8. The van der Waals surface area contributed by atoms with Gasteiger partial charge in [0.05, 0.1) is 11.2 Å². The fraction of sp³-hybridized carbons (Fsp3) is 0.423. The first-order chi connectivity index (χ1) is 16.8. The smallest absolute Gasteiger partial charge is 0.399 e. The van der Waals surface area contributed by atoms with Crippen LogP contribution in [0.2, 0.25) is 0 Å². The summed E-state index contributed by atoms with van der Waals surface area (Å²) in [7, 11) is -0.513. The third-order valence-electron chi connectivity index (χ3n) is 6.65. The zero-order valence-corrected chi connectivity index (χ0v) is 21.3. The van der Waals surface area contributed by atoms with Crippen molar-refractivity contribution in [2.75, 3.05) is 0 Å². The minimum Gasteiger partial charge on any atom is -0.399 e. The highest BCUT2D eigenvalue weighted by Crippen LogP contribution is 2.36. The minimum absolute atomic E-state index is 0.125. The molecule has 3 amide bonds. The van der Waals surface area contributed by atoms with Crippen molar-refractivity contribution in [3.63, 3.8) is 0 Å². The van der Waals surface area contributed by atoms with Crippen LogP contribution in [-0.2, 0) is 36.5 Å². The highest BCUT2D eigenvalue weighted by Gasteiger charge is 2.51. The predicted molar refractivity (Wildman–Crippen MR) is 135 cm³/mol. The zero-order chi connectivity index (χ0) is 26.7. The van der Waals surface area contributed by atoms with Gasteiger partial charge in [-0.3, -0.25) is 14.4 Å². The molecule has 1 saturated heterocycles. The van der Waals surface area contributed by atoms with Gasteiger partial charge >= 0.3 is 7.12 Å². The van der Waals surface area contributed by atoms with Crippen molar-refractivity contribution >= 4 is 30.3 Å². The van der Waals surface area contributed by atoms with E-state index in [1.54, 1.807) is 0 Å². The standard InChI is InChI=1S/C26H33BFN3O5/c1-16(32)30-22(15-18-8-12-20(28)13-9-18)24(34)31-21(23(29)33)14-17-6-10-19(11-7-17)27-35-25(2,3)26(4,5)36-27/h6-13,21-22H,14-15H2,1-5H3,(H2,29,33)(H,30,32)(H,31,34)/t21-,22-/m0/s1. The first-order valence-electron chi connectivity index (χ1n) is 11.8. The second kappa shape index (κ2) is 10.8. The lowest BCUT2D eigenvalue weighted by atomic mass is 9.78. The molecule has 8 nitrogen and oxygen atoms in total. The van der Waals surface area contributed by atoms with Gasteiger partial charge in [-0.05, 0) is 56.4 Å². The summed E-state index contributed by atoms with van der Waals surface area (Å²) in [5.74, 6) is -2.09. The maximum Gasteiger partial charge on any atom is 0.494 e. The Morgan fingerprint density at radius 1 is 0.861 bits per heavy atom. The Morgan fingerprint density at radius 3 is 1.81 bits per heavy atom. The topological polar surface area (TPSA) is 120 Å². The monoisotopic (exact) mass is 497 g/mol. The quantitative estimate of drug-likeness (QED) is 0.453. The van der Waals surface area contributed by atoms with Crippen LogP contribution in [0.4, 0.5) is 4.39 Å². The molecule has 0 spiro atoms. The lowest BCUT2D eigenvalue weighted by Gasteiger charge is -2.32. The summed E-state index contributed by atoms with van der Waals surface area (Å²) in [6.07, 6.45) is 0.286. The van der Waals surface area contributed by atoms with E-state index in [1.807, 2.05) is 52.0 Å². The van der Waals surface area contributed by atoms with E-state index in [9.17, 15) is 18.8 Å². The molecule has 3 rings (SSSR count). The zero-order valence-electron chi connectivity index (χ0n) is 21.3. The van der Waals surface area contributed by atoms with Crippen LogP contribution in [0.25, 0.3) is 0 Å². The molecule has 1 heterocycles. The molecule has 1 aliphatic rings. The maximum absolute atomic E-state index is 13.2. The molecule has 0 saturated carbocycles. The van der Waals surface area contributed by atoms with Crippen LogP contribution in [0.15, 0.2) is 48.5 Å². The van der Waals surface area contributed by atoms with Crippen molar-refractivity contribution in [2.24, 2.45) is 5.73 Å². The average molecular weight is 497 g/mol. The highest BCUT2D eigenvalue weighted by molar-refractivity contribution is 6.62. The molecule has 0 unspecified atom stereocenters.